The van der Waals surface area contributed by atoms with Gasteiger partial charge in [-0.15, -0.1) is 0 Å². The minimum Gasteiger partial charge on any atom is -0.368 e. The maximum Gasteiger partial charge on any atom is 0.220 e. The molecule has 0 aromatic carbocycles. The Hall–Kier alpha value is -2.05. The van der Waals surface area contributed by atoms with Crippen LogP contribution in [0.4, 0.5) is 5.95 Å². The first kappa shape index (κ1) is 13.0. The molecule has 0 aliphatic carbocycles. The van der Waals surface area contributed by atoms with Crippen molar-refractivity contribution in [1.29, 1.82) is 0 Å². The van der Waals surface area contributed by atoms with E-state index in [4.69, 9.17) is 5.73 Å². The Bertz CT molecular complexity index is 562. The van der Waals surface area contributed by atoms with E-state index in [1.165, 1.54) is 5.56 Å². The number of aromatic nitrogens is 3. The fourth-order valence-corrected chi connectivity index (χ4v) is 2.31. The second kappa shape index (κ2) is 5.94. The van der Waals surface area contributed by atoms with E-state index in [-0.39, 0.29) is 5.95 Å². The average Bonchev–Trinajstić information content (AvgIpc) is 2.49. The van der Waals surface area contributed by atoms with Crippen LogP contribution in [-0.2, 0) is 6.54 Å². The first-order valence-corrected chi connectivity index (χ1v) is 6.78. The molecule has 6 heteroatoms. The molecule has 0 radical (unpaired) electrons. The third-order valence-corrected chi connectivity index (χ3v) is 3.38. The highest BCUT2D eigenvalue weighted by Gasteiger charge is 2.10. The van der Waals surface area contributed by atoms with Gasteiger partial charge in [-0.2, -0.15) is 0 Å². The summed E-state index contributed by atoms with van der Waals surface area (Å²) in [6.45, 7) is 5.24. The summed E-state index contributed by atoms with van der Waals surface area (Å²) in [5.41, 5.74) is 8.39. The molecule has 0 atom stereocenters. The number of hydrogen-bond donors (Lipinski definition) is 2. The lowest BCUT2D eigenvalue weighted by Crippen LogP contribution is -2.42. The predicted octanol–water partition coefficient (Wildman–Crippen LogP) is 0.526. The molecule has 3 heterocycles. The molecule has 1 saturated heterocycles. The maximum absolute atomic E-state index is 5.59. The fraction of sp³-hybridized carbons (Fsp3) is 0.357. The smallest absolute Gasteiger partial charge is 0.220 e. The van der Waals surface area contributed by atoms with E-state index in [0.717, 1.165) is 44.1 Å². The van der Waals surface area contributed by atoms with Gasteiger partial charge in [0.25, 0.3) is 0 Å². The van der Waals surface area contributed by atoms with Crippen molar-refractivity contribution in [1.82, 2.24) is 25.2 Å². The van der Waals surface area contributed by atoms with Crippen molar-refractivity contribution in [2.24, 2.45) is 0 Å². The molecule has 1 aliphatic heterocycles. The quantitative estimate of drug-likeness (QED) is 0.846. The van der Waals surface area contributed by atoms with E-state index in [0.29, 0.717) is 0 Å². The van der Waals surface area contributed by atoms with Crippen LogP contribution in [0.25, 0.3) is 11.4 Å². The van der Waals surface area contributed by atoms with E-state index in [1.807, 2.05) is 18.3 Å². The minimum atomic E-state index is 0.272. The van der Waals surface area contributed by atoms with Gasteiger partial charge in [0.1, 0.15) is 0 Å². The Kier molecular flexibility index (Phi) is 3.85. The largest absolute Gasteiger partial charge is 0.368 e. The van der Waals surface area contributed by atoms with Gasteiger partial charge in [-0.1, -0.05) is 6.07 Å². The molecule has 3 N–H and O–H groups in total. The monoisotopic (exact) mass is 270 g/mol. The van der Waals surface area contributed by atoms with Crippen molar-refractivity contribution in [3.05, 3.63) is 36.2 Å². The standard InChI is InChI=1S/C14H18N6/c15-14-17-4-3-13(19-14)12-2-1-11(9-18-12)10-20-7-5-16-6-8-20/h1-4,9,16H,5-8,10H2,(H2,15,17,19). The third-order valence-electron chi connectivity index (χ3n) is 3.38. The Morgan fingerprint density at radius 3 is 2.65 bits per heavy atom. The normalized spacial score (nSPS) is 16.2. The van der Waals surface area contributed by atoms with Crippen LogP contribution in [0.3, 0.4) is 0 Å². The highest BCUT2D eigenvalue weighted by molar-refractivity contribution is 5.54. The van der Waals surface area contributed by atoms with E-state index in [1.54, 1.807) is 6.20 Å². The molecule has 0 bridgehead atoms. The Labute approximate surface area is 118 Å². The van der Waals surface area contributed by atoms with E-state index >= 15 is 0 Å². The summed E-state index contributed by atoms with van der Waals surface area (Å²) in [7, 11) is 0. The van der Waals surface area contributed by atoms with Gasteiger partial charge < -0.3 is 11.1 Å². The topological polar surface area (TPSA) is 80.0 Å². The van der Waals surface area contributed by atoms with Gasteiger partial charge >= 0.3 is 0 Å². The Morgan fingerprint density at radius 2 is 1.95 bits per heavy atom. The van der Waals surface area contributed by atoms with Crippen LogP contribution in [-0.4, -0.2) is 46.0 Å². The molecule has 20 heavy (non-hydrogen) atoms. The molecule has 0 amide bonds. The highest BCUT2D eigenvalue weighted by Crippen LogP contribution is 2.15. The maximum atomic E-state index is 5.59. The molecule has 0 unspecified atom stereocenters. The zero-order chi connectivity index (χ0) is 13.8. The lowest BCUT2D eigenvalue weighted by Gasteiger charge is -2.27. The summed E-state index contributed by atoms with van der Waals surface area (Å²) in [5.74, 6) is 0.272. The number of nitrogens with one attached hydrogen (secondary N) is 1. The lowest BCUT2D eigenvalue weighted by atomic mass is 10.2. The summed E-state index contributed by atoms with van der Waals surface area (Å²) in [6.07, 6.45) is 3.56. The number of hydrogen-bond acceptors (Lipinski definition) is 6. The van der Waals surface area contributed by atoms with Crippen LogP contribution in [0.2, 0.25) is 0 Å². The van der Waals surface area contributed by atoms with E-state index < -0.39 is 0 Å². The van der Waals surface area contributed by atoms with E-state index in [2.05, 4.69) is 31.2 Å². The summed E-state index contributed by atoms with van der Waals surface area (Å²) in [5, 5.41) is 3.35. The lowest BCUT2D eigenvalue weighted by molar-refractivity contribution is 0.233. The number of rotatable bonds is 3. The van der Waals surface area contributed by atoms with Crippen LogP contribution < -0.4 is 11.1 Å². The van der Waals surface area contributed by atoms with Crippen LogP contribution in [0.5, 0.6) is 0 Å². The third kappa shape index (κ3) is 3.09. The van der Waals surface area contributed by atoms with Gasteiger partial charge in [0.15, 0.2) is 0 Å². The second-order valence-corrected chi connectivity index (χ2v) is 4.88. The van der Waals surface area contributed by atoms with Crippen molar-refractivity contribution >= 4 is 5.95 Å². The van der Waals surface area contributed by atoms with Gasteiger partial charge in [0.2, 0.25) is 5.95 Å². The van der Waals surface area contributed by atoms with Crippen LogP contribution >= 0.6 is 0 Å². The van der Waals surface area contributed by atoms with E-state index in [9.17, 15) is 0 Å². The summed E-state index contributed by atoms with van der Waals surface area (Å²) in [4.78, 5) is 15.0. The van der Waals surface area contributed by atoms with Crippen LogP contribution in [0.1, 0.15) is 5.56 Å². The molecule has 2 aromatic rings. The summed E-state index contributed by atoms with van der Waals surface area (Å²) < 4.78 is 0. The Morgan fingerprint density at radius 1 is 1.10 bits per heavy atom. The zero-order valence-electron chi connectivity index (χ0n) is 11.3. The predicted molar refractivity (Wildman–Crippen MR) is 77.8 cm³/mol. The molecule has 104 valence electrons. The van der Waals surface area contributed by atoms with Gasteiger partial charge in [0.05, 0.1) is 11.4 Å². The number of pyridine rings is 1. The van der Waals surface area contributed by atoms with Crippen molar-refractivity contribution < 1.29 is 0 Å². The van der Waals surface area contributed by atoms with Gasteiger partial charge in [-0.3, -0.25) is 9.88 Å². The first-order valence-electron chi connectivity index (χ1n) is 6.78. The number of nitrogens with zero attached hydrogens (tertiary/aromatic N) is 4. The van der Waals surface area contributed by atoms with Gasteiger partial charge in [0, 0.05) is 45.1 Å². The molecular formula is C14H18N6. The molecule has 0 saturated carbocycles. The molecule has 3 rings (SSSR count). The molecule has 0 spiro atoms. The molecule has 6 nitrogen and oxygen atoms in total. The number of anilines is 1. The van der Waals surface area contributed by atoms with Crippen molar-refractivity contribution in [2.45, 2.75) is 6.54 Å². The van der Waals surface area contributed by atoms with Crippen molar-refractivity contribution in [3.8, 4) is 11.4 Å². The fourth-order valence-electron chi connectivity index (χ4n) is 2.31. The first-order chi connectivity index (χ1) is 9.81. The van der Waals surface area contributed by atoms with Crippen LogP contribution in [0.15, 0.2) is 30.6 Å². The SMILES string of the molecule is Nc1nccc(-c2ccc(CN3CCNCC3)cn2)n1. The number of nitrogens with two attached hydrogens (primary N) is 1. The molecule has 2 aromatic heterocycles. The minimum absolute atomic E-state index is 0.272. The van der Waals surface area contributed by atoms with Crippen molar-refractivity contribution in [2.75, 3.05) is 31.9 Å². The van der Waals surface area contributed by atoms with Gasteiger partial charge in [-0.25, -0.2) is 9.97 Å². The Balaban J connectivity index is 1.71. The average molecular weight is 270 g/mol. The van der Waals surface area contributed by atoms with Crippen LogP contribution in [0, 0.1) is 0 Å². The molecular weight excluding hydrogens is 252 g/mol. The number of nitrogen functional groups attached to an aromatic ring is 1. The zero-order valence-corrected chi connectivity index (χ0v) is 11.3. The summed E-state index contributed by atoms with van der Waals surface area (Å²) >= 11 is 0. The van der Waals surface area contributed by atoms with Gasteiger partial charge in [-0.05, 0) is 17.7 Å². The molecule has 1 fully saturated rings. The highest BCUT2D eigenvalue weighted by atomic mass is 15.2. The van der Waals surface area contributed by atoms with Crippen molar-refractivity contribution in [3.63, 3.8) is 0 Å². The number of piperazine rings is 1. The molecule has 1 aliphatic rings. The second-order valence-electron chi connectivity index (χ2n) is 4.88. The summed E-state index contributed by atoms with van der Waals surface area (Å²) in [6, 6.07) is 5.90.